The maximum Gasteiger partial charge on any atom is 0.343 e. The summed E-state index contributed by atoms with van der Waals surface area (Å²) in [6, 6.07) is 11.9. The molecule has 1 aliphatic carbocycles. The minimum atomic E-state index is -0.561. The first-order chi connectivity index (χ1) is 18.6. The SMILES string of the molecule is CCCCCCCc1ccc(OC(=O)c2ccc(OCCCC3CCCCC3CCCCC)cc2)c(F)c1. The fourth-order valence-corrected chi connectivity index (χ4v) is 5.80. The predicted octanol–water partition coefficient (Wildman–Crippen LogP) is 10.1. The second-order valence-electron chi connectivity index (χ2n) is 11.1. The van der Waals surface area contributed by atoms with Crippen molar-refractivity contribution in [2.75, 3.05) is 6.61 Å². The predicted molar refractivity (Wildman–Crippen MR) is 155 cm³/mol. The summed E-state index contributed by atoms with van der Waals surface area (Å²) < 4.78 is 25.8. The molecule has 2 unspecified atom stereocenters. The lowest BCUT2D eigenvalue weighted by atomic mass is 9.74. The summed E-state index contributed by atoms with van der Waals surface area (Å²) in [5, 5.41) is 0. The largest absolute Gasteiger partial charge is 0.494 e. The van der Waals surface area contributed by atoms with E-state index in [1.54, 1.807) is 30.3 Å². The number of ether oxygens (including phenoxy) is 2. The van der Waals surface area contributed by atoms with Gasteiger partial charge in [-0.3, -0.25) is 0 Å². The Morgan fingerprint density at radius 2 is 1.47 bits per heavy atom. The average Bonchev–Trinajstić information content (AvgIpc) is 2.93. The van der Waals surface area contributed by atoms with E-state index in [9.17, 15) is 9.18 Å². The maximum absolute atomic E-state index is 14.5. The molecule has 2 aromatic rings. The molecule has 4 heteroatoms. The molecule has 0 N–H and O–H groups in total. The third-order valence-electron chi connectivity index (χ3n) is 8.09. The molecule has 0 bridgehead atoms. The smallest absolute Gasteiger partial charge is 0.343 e. The Morgan fingerprint density at radius 3 is 2.16 bits per heavy atom. The zero-order valence-corrected chi connectivity index (χ0v) is 23.8. The van der Waals surface area contributed by atoms with E-state index in [4.69, 9.17) is 9.47 Å². The molecule has 0 radical (unpaired) electrons. The van der Waals surface area contributed by atoms with Gasteiger partial charge in [-0.2, -0.15) is 0 Å². The summed E-state index contributed by atoms with van der Waals surface area (Å²) in [6.45, 7) is 5.17. The average molecular weight is 525 g/mol. The Kier molecular flexibility index (Phi) is 13.7. The van der Waals surface area contributed by atoms with Gasteiger partial charge >= 0.3 is 5.97 Å². The van der Waals surface area contributed by atoms with Crippen molar-refractivity contribution in [3.63, 3.8) is 0 Å². The molecule has 210 valence electrons. The molecule has 0 spiro atoms. The molecule has 0 heterocycles. The number of carbonyl (C=O) groups excluding carboxylic acids is 1. The Balaban J connectivity index is 1.39. The molecule has 2 atom stereocenters. The number of hydrogen-bond acceptors (Lipinski definition) is 3. The monoisotopic (exact) mass is 524 g/mol. The molecule has 3 nitrogen and oxygen atoms in total. The van der Waals surface area contributed by atoms with Gasteiger partial charge in [0.2, 0.25) is 0 Å². The number of carbonyl (C=O) groups is 1. The lowest BCUT2D eigenvalue weighted by Crippen LogP contribution is -2.20. The highest BCUT2D eigenvalue weighted by molar-refractivity contribution is 5.91. The summed E-state index contributed by atoms with van der Waals surface area (Å²) in [5.74, 6) is 1.42. The van der Waals surface area contributed by atoms with Crippen LogP contribution in [0.4, 0.5) is 4.39 Å². The van der Waals surface area contributed by atoms with Crippen molar-refractivity contribution < 1.29 is 18.7 Å². The van der Waals surface area contributed by atoms with Crippen LogP contribution in [0.2, 0.25) is 0 Å². The van der Waals surface area contributed by atoms with Gasteiger partial charge in [0, 0.05) is 0 Å². The second kappa shape index (κ2) is 17.3. The molecule has 38 heavy (non-hydrogen) atoms. The Hall–Kier alpha value is -2.36. The molecule has 0 aliphatic heterocycles. The Bertz CT molecular complexity index is 939. The minimum absolute atomic E-state index is 0.0271. The number of hydrogen-bond donors (Lipinski definition) is 0. The first kappa shape index (κ1) is 30.2. The second-order valence-corrected chi connectivity index (χ2v) is 11.1. The molecule has 3 rings (SSSR count). The molecule has 1 saturated carbocycles. The van der Waals surface area contributed by atoms with Crippen LogP contribution in [0, 0.1) is 17.7 Å². The van der Waals surface area contributed by atoms with Crippen LogP contribution in [0.25, 0.3) is 0 Å². The number of esters is 1. The molecule has 2 aromatic carbocycles. The number of aryl methyl sites for hydroxylation is 1. The van der Waals surface area contributed by atoms with Gasteiger partial charge < -0.3 is 9.47 Å². The zero-order valence-electron chi connectivity index (χ0n) is 23.8. The molecule has 0 amide bonds. The highest BCUT2D eigenvalue weighted by Crippen LogP contribution is 2.36. The topological polar surface area (TPSA) is 35.5 Å². The molecule has 1 fully saturated rings. The number of benzene rings is 2. The van der Waals surface area contributed by atoms with Crippen molar-refractivity contribution in [2.45, 2.75) is 117 Å². The van der Waals surface area contributed by atoms with E-state index in [2.05, 4.69) is 13.8 Å². The van der Waals surface area contributed by atoms with Crippen molar-refractivity contribution in [2.24, 2.45) is 11.8 Å². The van der Waals surface area contributed by atoms with Crippen molar-refractivity contribution in [3.8, 4) is 11.5 Å². The van der Waals surface area contributed by atoms with Crippen molar-refractivity contribution in [1.82, 2.24) is 0 Å². The van der Waals surface area contributed by atoms with E-state index in [1.807, 2.05) is 6.07 Å². The standard InChI is InChI=1S/C34H49FO3/c1-3-5-7-8-10-14-27-19-24-33(32(35)26-27)38-34(36)30-20-22-31(23-21-30)37-25-13-18-29-17-12-11-16-28(29)15-9-6-4-2/h19-24,26,28-29H,3-18,25H2,1-2H3. The van der Waals surface area contributed by atoms with E-state index < -0.39 is 11.8 Å². The van der Waals surface area contributed by atoms with E-state index >= 15 is 0 Å². The highest BCUT2D eigenvalue weighted by atomic mass is 19.1. The van der Waals surface area contributed by atoms with Crippen LogP contribution < -0.4 is 9.47 Å². The van der Waals surface area contributed by atoms with Crippen LogP contribution in [0.5, 0.6) is 11.5 Å². The molecule has 0 saturated heterocycles. The third-order valence-corrected chi connectivity index (χ3v) is 8.09. The highest BCUT2D eigenvalue weighted by Gasteiger charge is 2.24. The third kappa shape index (κ3) is 10.4. The first-order valence-corrected chi connectivity index (χ1v) is 15.3. The van der Waals surface area contributed by atoms with Gasteiger partial charge in [0.05, 0.1) is 12.2 Å². The fourth-order valence-electron chi connectivity index (χ4n) is 5.80. The van der Waals surface area contributed by atoms with Crippen LogP contribution in [-0.4, -0.2) is 12.6 Å². The van der Waals surface area contributed by atoms with Crippen LogP contribution in [-0.2, 0) is 6.42 Å². The quantitative estimate of drug-likeness (QED) is 0.117. The molecular weight excluding hydrogens is 475 g/mol. The van der Waals surface area contributed by atoms with Gasteiger partial charge in [0.15, 0.2) is 11.6 Å². The normalized spacial score (nSPS) is 17.3. The van der Waals surface area contributed by atoms with Crippen molar-refractivity contribution in [3.05, 3.63) is 59.4 Å². The van der Waals surface area contributed by atoms with E-state index in [-0.39, 0.29) is 5.75 Å². The summed E-state index contributed by atoms with van der Waals surface area (Å²) in [6.07, 6.45) is 20.0. The van der Waals surface area contributed by atoms with E-state index in [0.29, 0.717) is 12.2 Å². The Labute approximate surface area is 230 Å². The van der Waals surface area contributed by atoms with Crippen molar-refractivity contribution >= 4 is 5.97 Å². The lowest BCUT2D eigenvalue weighted by Gasteiger charge is -2.31. The van der Waals surface area contributed by atoms with E-state index in [1.165, 1.54) is 83.1 Å². The van der Waals surface area contributed by atoms with Gasteiger partial charge in [0.25, 0.3) is 0 Å². The van der Waals surface area contributed by atoms with Gasteiger partial charge in [-0.05, 0) is 79.5 Å². The van der Waals surface area contributed by atoms with Crippen LogP contribution >= 0.6 is 0 Å². The van der Waals surface area contributed by atoms with Crippen LogP contribution in [0.15, 0.2) is 42.5 Å². The molecule has 0 aromatic heterocycles. The van der Waals surface area contributed by atoms with Gasteiger partial charge in [-0.1, -0.05) is 97.0 Å². The van der Waals surface area contributed by atoms with Gasteiger partial charge in [-0.15, -0.1) is 0 Å². The summed E-state index contributed by atoms with van der Waals surface area (Å²) in [5.41, 5.74) is 1.32. The minimum Gasteiger partial charge on any atom is -0.494 e. The number of halogens is 1. The van der Waals surface area contributed by atoms with Crippen LogP contribution in [0.1, 0.15) is 126 Å². The molecule has 1 aliphatic rings. The summed E-state index contributed by atoms with van der Waals surface area (Å²) in [4.78, 5) is 12.6. The van der Waals surface area contributed by atoms with Crippen molar-refractivity contribution in [1.29, 1.82) is 0 Å². The van der Waals surface area contributed by atoms with E-state index in [0.717, 1.165) is 48.8 Å². The van der Waals surface area contributed by atoms with Gasteiger partial charge in [0.1, 0.15) is 5.75 Å². The number of rotatable bonds is 17. The lowest BCUT2D eigenvalue weighted by molar-refractivity contribution is 0.0727. The number of unbranched alkanes of at least 4 members (excludes halogenated alkanes) is 6. The van der Waals surface area contributed by atoms with Crippen LogP contribution in [0.3, 0.4) is 0 Å². The first-order valence-electron chi connectivity index (χ1n) is 15.3. The summed E-state index contributed by atoms with van der Waals surface area (Å²) in [7, 11) is 0. The van der Waals surface area contributed by atoms with Gasteiger partial charge in [-0.25, -0.2) is 9.18 Å². The molecular formula is C34H49FO3. The Morgan fingerprint density at radius 1 is 0.816 bits per heavy atom. The maximum atomic E-state index is 14.5. The zero-order chi connectivity index (χ0) is 27.0. The fraction of sp³-hybridized carbons (Fsp3) is 0.618. The summed E-state index contributed by atoms with van der Waals surface area (Å²) >= 11 is 0.